The molecule has 154 valence electrons. The number of carboxylic acid groups (broad SMARTS) is 1. The van der Waals surface area contributed by atoms with Gasteiger partial charge in [0, 0.05) is 30.7 Å². The van der Waals surface area contributed by atoms with Crippen molar-refractivity contribution in [2.24, 2.45) is 4.99 Å². The summed E-state index contributed by atoms with van der Waals surface area (Å²) in [6.07, 6.45) is 1.76. The van der Waals surface area contributed by atoms with Gasteiger partial charge in [-0.25, -0.2) is 14.2 Å². The van der Waals surface area contributed by atoms with Crippen LogP contribution in [0.15, 0.2) is 71.9 Å². The molecule has 0 bridgehead atoms. The zero-order chi connectivity index (χ0) is 22.0. The summed E-state index contributed by atoms with van der Waals surface area (Å²) in [5.74, 6) is -1.53. The molecule has 0 aliphatic rings. The Labute approximate surface area is 178 Å². The highest BCUT2D eigenvalue weighted by Gasteiger charge is 2.15. The zero-order valence-corrected chi connectivity index (χ0v) is 16.8. The first-order chi connectivity index (χ1) is 15.0. The van der Waals surface area contributed by atoms with E-state index < -0.39 is 11.8 Å². The van der Waals surface area contributed by atoms with Gasteiger partial charge in [-0.2, -0.15) is 0 Å². The fourth-order valence-electron chi connectivity index (χ4n) is 3.43. The molecule has 1 N–H and O–H groups in total. The predicted molar refractivity (Wildman–Crippen MR) is 120 cm³/mol. The SMILES string of the molecule is C=Nc1ccc(-c2ccc(C(=O)O)c(F)c2)nc1N(C)Cc1ccc2ncccc2c1. The molecule has 0 unspecified atom stereocenters. The van der Waals surface area contributed by atoms with E-state index in [9.17, 15) is 9.18 Å². The highest BCUT2D eigenvalue weighted by atomic mass is 19.1. The lowest BCUT2D eigenvalue weighted by Crippen LogP contribution is -2.18. The van der Waals surface area contributed by atoms with Gasteiger partial charge < -0.3 is 10.0 Å². The third-order valence-electron chi connectivity index (χ3n) is 4.97. The van der Waals surface area contributed by atoms with E-state index in [0.29, 0.717) is 29.3 Å². The number of hydrogen-bond acceptors (Lipinski definition) is 5. The second kappa shape index (κ2) is 8.31. The predicted octanol–water partition coefficient (Wildman–Crippen LogP) is 5.10. The van der Waals surface area contributed by atoms with E-state index in [1.807, 2.05) is 36.2 Å². The highest BCUT2D eigenvalue weighted by Crippen LogP contribution is 2.31. The lowest BCUT2D eigenvalue weighted by molar-refractivity contribution is 0.0692. The first kappa shape index (κ1) is 20.2. The number of anilines is 1. The maximum atomic E-state index is 14.2. The summed E-state index contributed by atoms with van der Waals surface area (Å²) in [7, 11) is 1.89. The third kappa shape index (κ3) is 4.11. The first-order valence-electron chi connectivity index (χ1n) is 9.52. The number of carbonyl (C=O) groups is 1. The third-order valence-corrected chi connectivity index (χ3v) is 4.97. The number of nitrogens with zero attached hydrogens (tertiary/aromatic N) is 4. The van der Waals surface area contributed by atoms with Crippen LogP contribution < -0.4 is 4.90 Å². The zero-order valence-electron chi connectivity index (χ0n) is 16.8. The van der Waals surface area contributed by atoms with Crippen molar-refractivity contribution in [3.05, 3.63) is 83.8 Å². The topological polar surface area (TPSA) is 78.7 Å². The molecule has 0 aliphatic carbocycles. The number of benzene rings is 2. The molecule has 6 nitrogen and oxygen atoms in total. The van der Waals surface area contributed by atoms with Gasteiger partial charge in [-0.3, -0.25) is 9.98 Å². The number of aromatic carboxylic acids is 1. The maximum Gasteiger partial charge on any atom is 0.338 e. The number of hydrogen-bond donors (Lipinski definition) is 1. The number of halogens is 1. The van der Waals surface area contributed by atoms with E-state index in [1.54, 1.807) is 18.3 Å². The van der Waals surface area contributed by atoms with E-state index >= 15 is 0 Å². The molecule has 0 saturated carbocycles. The van der Waals surface area contributed by atoms with Gasteiger partial charge in [0.1, 0.15) is 11.5 Å². The summed E-state index contributed by atoms with van der Waals surface area (Å²) >= 11 is 0. The van der Waals surface area contributed by atoms with Gasteiger partial charge in [-0.1, -0.05) is 18.2 Å². The molecular formula is C24H19FN4O2. The van der Waals surface area contributed by atoms with Crippen molar-refractivity contribution in [1.29, 1.82) is 0 Å². The van der Waals surface area contributed by atoms with Crippen LogP contribution >= 0.6 is 0 Å². The lowest BCUT2D eigenvalue weighted by atomic mass is 10.1. The van der Waals surface area contributed by atoms with E-state index in [0.717, 1.165) is 16.5 Å². The van der Waals surface area contributed by atoms with Crippen molar-refractivity contribution in [3.8, 4) is 11.3 Å². The molecule has 0 aliphatic heterocycles. The Bertz CT molecular complexity index is 1310. The van der Waals surface area contributed by atoms with Crippen molar-refractivity contribution in [2.75, 3.05) is 11.9 Å². The van der Waals surface area contributed by atoms with Crippen molar-refractivity contribution in [1.82, 2.24) is 9.97 Å². The van der Waals surface area contributed by atoms with Crippen LogP contribution in [-0.4, -0.2) is 34.8 Å². The average Bonchev–Trinajstić information content (AvgIpc) is 2.78. The molecule has 0 saturated heterocycles. The molecule has 0 fully saturated rings. The molecule has 0 amide bonds. The molecule has 0 atom stereocenters. The molecule has 0 spiro atoms. The highest BCUT2D eigenvalue weighted by molar-refractivity contribution is 5.88. The molecule has 2 heterocycles. The Morgan fingerprint density at radius 1 is 1.16 bits per heavy atom. The van der Waals surface area contributed by atoms with Crippen LogP contribution in [-0.2, 0) is 6.54 Å². The summed E-state index contributed by atoms with van der Waals surface area (Å²) < 4.78 is 14.2. The van der Waals surface area contributed by atoms with E-state index in [1.165, 1.54) is 18.2 Å². The normalized spacial score (nSPS) is 10.8. The van der Waals surface area contributed by atoms with E-state index in [-0.39, 0.29) is 5.56 Å². The van der Waals surface area contributed by atoms with Gasteiger partial charge >= 0.3 is 5.97 Å². The number of rotatable bonds is 6. The fourth-order valence-corrected chi connectivity index (χ4v) is 3.43. The number of carboxylic acids is 1. The van der Waals surface area contributed by atoms with Gasteiger partial charge in [0.25, 0.3) is 0 Å². The Balaban J connectivity index is 1.67. The second-order valence-electron chi connectivity index (χ2n) is 7.08. The van der Waals surface area contributed by atoms with Crippen LogP contribution in [0.25, 0.3) is 22.2 Å². The molecule has 2 aromatic heterocycles. The molecule has 31 heavy (non-hydrogen) atoms. The van der Waals surface area contributed by atoms with Gasteiger partial charge in [0.05, 0.1) is 16.8 Å². The Morgan fingerprint density at radius 2 is 2.00 bits per heavy atom. The molecule has 4 rings (SSSR count). The van der Waals surface area contributed by atoms with Gasteiger partial charge in [0.15, 0.2) is 5.82 Å². The standard InChI is InChI=1S/C24H19FN4O2/c1-26-22-10-9-21(17-6-7-18(24(30)31)19(25)13-17)28-23(22)29(2)14-15-5-8-20-16(12-15)4-3-11-27-20/h3-13H,1,14H2,2H3,(H,30,31). The van der Waals surface area contributed by atoms with Gasteiger partial charge in [-0.15, -0.1) is 0 Å². The maximum absolute atomic E-state index is 14.2. The number of pyridine rings is 2. The van der Waals surface area contributed by atoms with Crippen molar-refractivity contribution >= 4 is 35.1 Å². The van der Waals surface area contributed by atoms with Crippen LogP contribution in [0.3, 0.4) is 0 Å². The summed E-state index contributed by atoms with van der Waals surface area (Å²) in [6.45, 7) is 4.18. The molecule has 4 aromatic rings. The number of fused-ring (bicyclic) bond motifs is 1. The van der Waals surface area contributed by atoms with Crippen molar-refractivity contribution < 1.29 is 14.3 Å². The largest absolute Gasteiger partial charge is 0.478 e. The summed E-state index contributed by atoms with van der Waals surface area (Å²) in [4.78, 5) is 26.1. The fraction of sp³-hybridized carbons (Fsp3) is 0.0833. The van der Waals surface area contributed by atoms with E-state index in [2.05, 4.69) is 27.7 Å². The second-order valence-corrected chi connectivity index (χ2v) is 7.08. The van der Waals surface area contributed by atoms with Crippen molar-refractivity contribution in [2.45, 2.75) is 6.54 Å². The molecule has 7 heteroatoms. The first-order valence-corrected chi connectivity index (χ1v) is 9.52. The Morgan fingerprint density at radius 3 is 2.74 bits per heavy atom. The smallest absolute Gasteiger partial charge is 0.338 e. The van der Waals surface area contributed by atoms with Gasteiger partial charge in [0.2, 0.25) is 0 Å². The Hall–Kier alpha value is -4.13. The van der Waals surface area contributed by atoms with Gasteiger partial charge in [-0.05, 0) is 54.7 Å². The molecular weight excluding hydrogens is 395 g/mol. The quantitative estimate of drug-likeness (QED) is 0.444. The number of aliphatic imine (C=N–C) groups is 1. The van der Waals surface area contributed by atoms with E-state index in [4.69, 9.17) is 5.11 Å². The van der Waals surface area contributed by atoms with Crippen LogP contribution in [0.5, 0.6) is 0 Å². The van der Waals surface area contributed by atoms with Crippen LogP contribution in [0.1, 0.15) is 15.9 Å². The van der Waals surface area contributed by atoms with Crippen LogP contribution in [0.2, 0.25) is 0 Å². The average molecular weight is 414 g/mol. The minimum atomic E-state index is -1.31. The summed E-state index contributed by atoms with van der Waals surface area (Å²) in [6, 6.07) is 17.4. The van der Waals surface area contributed by atoms with Crippen LogP contribution in [0.4, 0.5) is 15.9 Å². The summed E-state index contributed by atoms with van der Waals surface area (Å²) in [5.41, 5.74) is 3.20. The number of aromatic nitrogens is 2. The lowest BCUT2D eigenvalue weighted by Gasteiger charge is -2.21. The summed E-state index contributed by atoms with van der Waals surface area (Å²) in [5, 5.41) is 10.1. The molecule has 0 radical (unpaired) electrons. The molecule has 2 aromatic carbocycles. The minimum absolute atomic E-state index is 0.378. The Kier molecular flexibility index (Phi) is 5.41. The van der Waals surface area contributed by atoms with Crippen LogP contribution in [0, 0.1) is 5.82 Å². The minimum Gasteiger partial charge on any atom is -0.478 e. The van der Waals surface area contributed by atoms with Crippen molar-refractivity contribution in [3.63, 3.8) is 0 Å². The monoisotopic (exact) mass is 414 g/mol.